The van der Waals surface area contributed by atoms with Crippen LogP contribution in [0.15, 0.2) is 66.1 Å². The van der Waals surface area contributed by atoms with Gasteiger partial charge in [-0.05, 0) is 38.0 Å². The summed E-state index contributed by atoms with van der Waals surface area (Å²) >= 11 is 0. The predicted molar refractivity (Wildman–Crippen MR) is 121 cm³/mol. The highest BCUT2D eigenvalue weighted by Crippen LogP contribution is 2.39. The zero-order chi connectivity index (χ0) is 21.8. The van der Waals surface area contributed by atoms with Crippen molar-refractivity contribution >= 4 is 17.5 Å². The van der Waals surface area contributed by atoms with Gasteiger partial charge in [0.25, 0.3) is 5.91 Å². The van der Waals surface area contributed by atoms with Crippen molar-refractivity contribution < 1.29 is 9.53 Å². The summed E-state index contributed by atoms with van der Waals surface area (Å²) in [5.41, 5.74) is 3.97. The van der Waals surface area contributed by atoms with Gasteiger partial charge in [0.1, 0.15) is 18.1 Å². The lowest BCUT2D eigenvalue weighted by Gasteiger charge is -2.30. The maximum atomic E-state index is 13.5. The van der Waals surface area contributed by atoms with Crippen molar-refractivity contribution in [2.24, 2.45) is 0 Å². The van der Waals surface area contributed by atoms with Gasteiger partial charge in [-0.25, -0.2) is 4.68 Å². The molecule has 2 N–H and O–H groups in total. The molecule has 2 heterocycles. The molecular formula is C24H27N5O2. The Morgan fingerprint density at radius 3 is 2.74 bits per heavy atom. The van der Waals surface area contributed by atoms with E-state index in [1.165, 1.54) is 6.33 Å². The van der Waals surface area contributed by atoms with Crippen LogP contribution in [0.2, 0.25) is 0 Å². The van der Waals surface area contributed by atoms with Crippen LogP contribution in [0.3, 0.4) is 0 Å². The summed E-state index contributed by atoms with van der Waals surface area (Å²) in [6, 6.07) is 15.1. The van der Waals surface area contributed by atoms with Crippen LogP contribution in [0.4, 0.5) is 11.6 Å². The minimum Gasteiger partial charge on any atom is -0.493 e. The summed E-state index contributed by atoms with van der Waals surface area (Å²) < 4.78 is 7.82. The molecule has 4 rings (SSSR count). The molecule has 1 unspecified atom stereocenters. The first-order chi connectivity index (χ1) is 15.1. The number of anilines is 2. The third-order valence-electron chi connectivity index (χ3n) is 5.40. The average molecular weight is 418 g/mol. The molecule has 1 aliphatic rings. The van der Waals surface area contributed by atoms with E-state index in [9.17, 15) is 4.79 Å². The van der Waals surface area contributed by atoms with Gasteiger partial charge in [-0.3, -0.25) is 4.79 Å². The molecule has 0 fully saturated rings. The van der Waals surface area contributed by atoms with Crippen molar-refractivity contribution in [2.45, 2.75) is 39.7 Å². The second-order valence-corrected chi connectivity index (χ2v) is 7.60. The number of aryl methyl sites for hydroxylation is 1. The largest absolute Gasteiger partial charge is 0.493 e. The van der Waals surface area contributed by atoms with E-state index in [1.54, 1.807) is 4.68 Å². The second kappa shape index (κ2) is 9.04. The zero-order valence-electron chi connectivity index (χ0n) is 18.1. The Morgan fingerprint density at radius 1 is 1.16 bits per heavy atom. The Bertz CT molecular complexity index is 1120. The molecule has 0 radical (unpaired) electrons. The molecule has 2 aromatic carbocycles. The third kappa shape index (κ3) is 4.17. The average Bonchev–Trinajstić information content (AvgIpc) is 3.23. The van der Waals surface area contributed by atoms with Crippen LogP contribution in [-0.2, 0) is 4.79 Å². The first kappa shape index (κ1) is 20.7. The predicted octanol–water partition coefficient (Wildman–Crippen LogP) is 4.69. The SMILES string of the molecule is CCCCOc1ccccc1C1C(C(=O)Nc2ccccc2C)=C(C)Nc2ncnn21. The van der Waals surface area contributed by atoms with Crippen LogP contribution in [0.1, 0.15) is 43.9 Å². The van der Waals surface area contributed by atoms with E-state index in [1.807, 2.05) is 62.4 Å². The van der Waals surface area contributed by atoms with Crippen LogP contribution in [0, 0.1) is 6.92 Å². The molecule has 0 saturated heterocycles. The molecular weight excluding hydrogens is 390 g/mol. The fourth-order valence-electron chi connectivity index (χ4n) is 3.74. The van der Waals surface area contributed by atoms with Crippen molar-refractivity contribution in [2.75, 3.05) is 17.2 Å². The first-order valence-electron chi connectivity index (χ1n) is 10.6. The Kier molecular flexibility index (Phi) is 6.02. The minimum absolute atomic E-state index is 0.186. The second-order valence-electron chi connectivity index (χ2n) is 7.60. The summed E-state index contributed by atoms with van der Waals surface area (Å²) in [4.78, 5) is 17.8. The van der Waals surface area contributed by atoms with Crippen molar-refractivity contribution in [1.29, 1.82) is 0 Å². The lowest BCUT2D eigenvalue weighted by molar-refractivity contribution is -0.113. The molecule has 7 nitrogen and oxygen atoms in total. The summed E-state index contributed by atoms with van der Waals surface area (Å²) in [5.74, 6) is 1.16. The number of nitrogens with one attached hydrogen (secondary N) is 2. The number of hydrogen-bond acceptors (Lipinski definition) is 5. The van der Waals surface area contributed by atoms with Crippen molar-refractivity contribution in [3.05, 3.63) is 77.3 Å². The number of fused-ring (bicyclic) bond motifs is 1. The van der Waals surface area contributed by atoms with Crippen LogP contribution < -0.4 is 15.4 Å². The Balaban J connectivity index is 1.76. The van der Waals surface area contributed by atoms with Crippen LogP contribution in [0.25, 0.3) is 0 Å². The highest BCUT2D eigenvalue weighted by Gasteiger charge is 2.35. The smallest absolute Gasteiger partial charge is 0.255 e. The molecule has 0 aliphatic carbocycles. The Morgan fingerprint density at radius 2 is 1.94 bits per heavy atom. The van der Waals surface area contributed by atoms with Gasteiger partial charge in [-0.15, -0.1) is 0 Å². The van der Waals surface area contributed by atoms with Crippen molar-refractivity contribution in [1.82, 2.24) is 14.8 Å². The van der Waals surface area contributed by atoms with Gasteiger partial charge < -0.3 is 15.4 Å². The van der Waals surface area contributed by atoms with Gasteiger partial charge in [-0.1, -0.05) is 49.7 Å². The topological polar surface area (TPSA) is 81.1 Å². The lowest BCUT2D eigenvalue weighted by atomic mass is 9.94. The number of ether oxygens (including phenoxy) is 1. The molecule has 0 saturated carbocycles. The van der Waals surface area contributed by atoms with E-state index >= 15 is 0 Å². The number of para-hydroxylation sites is 2. The molecule has 7 heteroatoms. The molecule has 0 spiro atoms. The highest BCUT2D eigenvalue weighted by atomic mass is 16.5. The number of aromatic nitrogens is 3. The van der Waals surface area contributed by atoms with Crippen LogP contribution in [-0.4, -0.2) is 27.3 Å². The van der Waals surface area contributed by atoms with Gasteiger partial charge in [-0.2, -0.15) is 10.1 Å². The lowest BCUT2D eigenvalue weighted by Crippen LogP contribution is -2.32. The number of nitrogens with zero attached hydrogens (tertiary/aromatic N) is 3. The Labute approximate surface area is 182 Å². The van der Waals surface area contributed by atoms with Crippen LogP contribution in [0.5, 0.6) is 5.75 Å². The number of amides is 1. The third-order valence-corrected chi connectivity index (χ3v) is 5.40. The van der Waals surface area contributed by atoms with E-state index < -0.39 is 6.04 Å². The van der Waals surface area contributed by atoms with Gasteiger partial charge in [0.05, 0.1) is 12.2 Å². The number of carbonyl (C=O) groups is 1. The maximum absolute atomic E-state index is 13.5. The van der Waals surface area contributed by atoms with E-state index in [2.05, 4.69) is 27.6 Å². The Hall–Kier alpha value is -3.61. The zero-order valence-corrected chi connectivity index (χ0v) is 18.1. The molecule has 3 aromatic rings. The van der Waals surface area contributed by atoms with E-state index in [0.29, 0.717) is 18.1 Å². The quantitative estimate of drug-likeness (QED) is 0.545. The fourth-order valence-corrected chi connectivity index (χ4v) is 3.74. The highest BCUT2D eigenvalue weighted by molar-refractivity contribution is 6.06. The van der Waals surface area contributed by atoms with Gasteiger partial charge in [0.2, 0.25) is 5.95 Å². The molecule has 1 aliphatic heterocycles. The van der Waals surface area contributed by atoms with Crippen molar-refractivity contribution in [3.63, 3.8) is 0 Å². The number of unbranched alkanes of at least 4 members (excludes halogenated alkanes) is 1. The number of hydrogen-bond donors (Lipinski definition) is 2. The first-order valence-corrected chi connectivity index (χ1v) is 10.6. The molecule has 1 amide bonds. The van der Waals surface area contributed by atoms with Gasteiger partial charge in [0, 0.05) is 16.9 Å². The van der Waals surface area contributed by atoms with Crippen LogP contribution >= 0.6 is 0 Å². The van der Waals surface area contributed by atoms with E-state index in [4.69, 9.17) is 4.74 Å². The molecule has 1 aromatic heterocycles. The summed E-state index contributed by atoms with van der Waals surface area (Å²) in [7, 11) is 0. The molecule has 31 heavy (non-hydrogen) atoms. The summed E-state index contributed by atoms with van der Waals surface area (Å²) in [5, 5.41) is 10.7. The van der Waals surface area contributed by atoms with E-state index in [0.717, 1.165) is 41.1 Å². The fraction of sp³-hybridized carbons (Fsp3) is 0.292. The monoisotopic (exact) mass is 417 g/mol. The number of rotatable bonds is 7. The standard InChI is InChI=1S/C24H27N5O2/c1-4-5-14-31-20-13-9-7-11-18(20)22-21(17(3)27-24-25-15-26-29(22)24)23(30)28-19-12-8-6-10-16(19)2/h6-13,15,22H,4-5,14H2,1-3H3,(H,28,30)(H,25,26,27). The molecule has 160 valence electrons. The van der Waals surface area contributed by atoms with E-state index in [-0.39, 0.29) is 5.91 Å². The van der Waals surface area contributed by atoms with Gasteiger partial charge in [0.15, 0.2) is 0 Å². The maximum Gasteiger partial charge on any atom is 0.255 e. The number of benzene rings is 2. The molecule has 1 atom stereocenters. The minimum atomic E-state index is -0.458. The number of allylic oxidation sites excluding steroid dienone is 1. The number of carbonyl (C=O) groups excluding carboxylic acids is 1. The summed E-state index contributed by atoms with van der Waals surface area (Å²) in [6.07, 6.45) is 3.50. The van der Waals surface area contributed by atoms with Crippen molar-refractivity contribution in [3.8, 4) is 5.75 Å². The normalized spacial score (nSPS) is 15.3. The molecule has 0 bridgehead atoms. The van der Waals surface area contributed by atoms with Gasteiger partial charge >= 0.3 is 0 Å². The summed E-state index contributed by atoms with van der Waals surface area (Å²) in [6.45, 7) is 6.61.